The fourth-order valence-corrected chi connectivity index (χ4v) is 2.47. The molecule has 0 spiro atoms. The zero-order valence-corrected chi connectivity index (χ0v) is 12.3. The third kappa shape index (κ3) is 3.31. The number of hydrogen-bond donors (Lipinski definition) is 3. The average molecular weight is 286 g/mol. The Balaban J connectivity index is 2.60. The zero-order chi connectivity index (χ0) is 15.2. The molecule has 2 rings (SSSR count). The SMILES string of the molecule is CCCCN(CCO)c1c(C(=N)N)cnc2ccccc12. The lowest BCUT2D eigenvalue weighted by molar-refractivity contribution is 0.301. The highest BCUT2D eigenvalue weighted by Crippen LogP contribution is 2.29. The van der Waals surface area contributed by atoms with Crippen molar-refractivity contribution in [1.29, 1.82) is 5.41 Å². The van der Waals surface area contributed by atoms with Crippen LogP contribution in [0.3, 0.4) is 0 Å². The molecule has 0 fully saturated rings. The van der Waals surface area contributed by atoms with Crippen LogP contribution >= 0.6 is 0 Å². The van der Waals surface area contributed by atoms with E-state index in [9.17, 15) is 5.11 Å². The highest BCUT2D eigenvalue weighted by atomic mass is 16.3. The molecule has 0 atom stereocenters. The Labute approximate surface area is 124 Å². The maximum absolute atomic E-state index is 9.36. The highest BCUT2D eigenvalue weighted by molar-refractivity contribution is 6.07. The average Bonchev–Trinajstić information content (AvgIpc) is 2.50. The molecule has 0 aliphatic carbocycles. The number of benzene rings is 1. The number of nitrogens with zero attached hydrogens (tertiary/aromatic N) is 2. The molecule has 5 nitrogen and oxygen atoms in total. The molecule has 0 aliphatic rings. The van der Waals surface area contributed by atoms with Gasteiger partial charge in [-0.05, 0) is 12.5 Å². The van der Waals surface area contributed by atoms with E-state index in [0.29, 0.717) is 12.1 Å². The van der Waals surface area contributed by atoms with Crippen LogP contribution in [-0.2, 0) is 0 Å². The topological polar surface area (TPSA) is 86.2 Å². The molecule has 1 heterocycles. The lowest BCUT2D eigenvalue weighted by atomic mass is 10.1. The van der Waals surface area contributed by atoms with Crippen LogP contribution in [0, 0.1) is 5.41 Å². The maximum Gasteiger partial charge on any atom is 0.126 e. The number of rotatable bonds is 7. The van der Waals surface area contributed by atoms with Crippen LogP contribution in [0.25, 0.3) is 10.9 Å². The Kier molecular flexibility index (Phi) is 5.11. The number of nitrogens with one attached hydrogen (secondary N) is 1. The summed E-state index contributed by atoms with van der Waals surface area (Å²) < 4.78 is 0. The predicted octanol–water partition coefficient (Wildman–Crippen LogP) is 2.12. The predicted molar refractivity (Wildman–Crippen MR) is 87.0 cm³/mol. The van der Waals surface area contributed by atoms with Gasteiger partial charge in [-0.1, -0.05) is 31.5 Å². The fourth-order valence-electron chi connectivity index (χ4n) is 2.47. The van der Waals surface area contributed by atoms with E-state index in [-0.39, 0.29) is 12.4 Å². The van der Waals surface area contributed by atoms with Crippen LogP contribution in [0.4, 0.5) is 5.69 Å². The van der Waals surface area contributed by atoms with Gasteiger partial charge in [0.2, 0.25) is 0 Å². The molecular formula is C16H22N4O. The van der Waals surface area contributed by atoms with Crippen molar-refractivity contribution >= 4 is 22.4 Å². The molecular weight excluding hydrogens is 264 g/mol. The summed E-state index contributed by atoms with van der Waals surface area (Å²) in [6, 6.07) is 7.82. The third-order valence-corrected chi connectivity index (χ3v) is 3.50. The summed E-state index contributed by atoms with van der Waals surface area (Å²) in [5.41, 5.74) is 8.12. The van der Waals surface area contributed by atoms with Gasteiger partial charge in [-0.25, -0.2) is 0 Å². The van der Waals surface area contributed by atoms with Crippen LogP contribution in [0.5, 0.6) is 0 Å². The molecule has 0 aliphatic heterocycles. The van der Waals surface area contributed by atoms with Crippen LogP contribution in [-0.4, -0.2) is 35.6 Å². The van der Waals surface area contributed by atoms with E-state index < -0.39 is 0 Å². The fraction of sp³-hybridized carbons (Fsp3) is 0.375. The smallest absolute Gasteiger partial charge is 0.126 e. The minimum Gasteiger partial charge on any atom is -0.395 e. The van der Waals surface area contributed by atoms with E-state index >= 15 is 0 Å². The molecule has 21 heavy (non-hydrogen) atoms. The van der Waals surface area contributed by atoms with Gasteiger partial charge in [0.15, 0.2) is 0 Å². The van der Waals surface area contributed by atoms with Gasteiger partial charge in [0.25, 0.3) is 0 Å². The minimum absolute atomic E-state index is 0.00249. The molecule has 0 saturated carbocycles. The third-order valence-electron chi connectivity index (χ3n) is 3.50. The van der Waals surface area contributed by atoms with E-state index in [1.165, 1.54) is 0 Å². The van der Waals surface area contributed by atoms with Crippen molar-refractivity contribution in [1.82, 2.24) is 4.98 Å². The molecule has 5 heteroatoms. The lowest BCUT2D eigenvalue weighted by Gasteiger charge is -2.27. The van der Waals surface area contributed by atoms with Crippen molar-refractivity contribution in [2.75, 3.05) is 24.6 Å². The number of unbranched alkanes of at least 4 members (excludes halogenated alkanes) is 1. The molecule has 0 unspecified atom stereocenters. The summed E-state index contributed by atoms with van der Waals surface area (Å²) in [7, 11) is 0. The second-order valence-corrected chi connectivity index (χ2v) is 5.02. The number of aliphatic hydroxyl groups is 1. The normalized spacial score (nSPS) is 10.8. The molecule has 112 valence electrons. The van der Waals surface area contributed by atoms with Crippen molar-refractivity contribution in [2.45, 2.75) is 19.8 Å². The molecule has 4 N–H and O–H groups in total. The largest absolute Gasteiger partial charge is 0.395 e. The lowest BCUT2D eigenvalue weighted by Crippen LogP contribution is -2.30. The second kappa shape index (κ2) is 7.04. The number of anilines is 1. The first-order valence-corrected chi connectivity index (χ1v) is 7.27. The monoisotopic (exact) mass is 286 g/mol. The van der Waals surface area contributed by atoms with Crippen LogP contribution in [0.2, 0.25) is 0 Å². The molecule has 0 amide bonds. The quantitative estimate of drug-likeness (QED) is 0.537. The summed E-state index contributed by atoms with van der Waals surface area (Å²) in [6.07, 6.45) is 3.74. The minimum atomic E-state index is 0.00249. The molecule has 2 aromatic rings. The van der Waals surface area contributed by atoms with Gasteiger partial charge in [-0.3, -0.25) is 10.4 Å². The second-order valence-electron chi connectivity index (χ2n) is 5.02. The molecule has 0 radical (unpaired) electrons. The number of aliphatic hydroxyl groups excluding tert-OH is 1. The molecule has 0 saturated heterocycles. The Morgan fingerprint density at radius 1 is 1.33 bits per heavy atom. The van der Waals surface area contributed by atoms with Gasteiger partial charge >= 0.3 is 0 Å². The Hall–Kier alpha value is -2.14. The van der Waals surface area contributed by atoms with Gasteiger partial charge < -0.3 is 15.7 Å². The Morgan fingerprint density at radius 3 is 2.76 bits per heavy atom. The van der Waals surface area contributed by atoms with E-state index in [1.54, 1.807) is 6.20 Å². The van der Waals surface area contributed by atoms with Crippen molar-refractivity contribution in [3.8, 4) is 0 Å². The first-order valence-electron chi connectivity index (χ1n) is 7.27. The van der Waals surface area contributed by atoms with Gasteiger partial charge in [-0.2, -0.15) is 0 Å². The number of nitrogens with two attached hydrogens (primary N) is 1. The van der Waals surface area contributed by atoms with Crippen molar-refractivity contribution in [2.24, 2.45) is 5.73 Å². The molecule has 1 aromatic heterocycles. The zero-order valence-electron chi connectivity index (χ0n) is 12.3. The van der Waals surface area contributed by atoms with Gasteiger partial charge in [0.1, 0.15) is 5.84 Å². The van der Waals surface area contributed by atoms with E-state index in [1.807, 2.05) is 24.3 Å². The number of para-hydroxylation sites is 1. The number of aromatic nitrogens is 1. The Morgan fingerprint density at radius 2 is 2.10 bits per heavy atom. The number of fused-ring (bicyclic) bond motifs is 1. The van der Waals surface area contributed by atoms with Gasteiger partial charge in [0, 0.05) is 24.7 Å². The van der Waals surface area contributed by atoms with E-state index in [4.69, 9.17) is 11.1 Å². The Bertz CT molecular complexity index is 627. The van der Waals surface area contributed by atoms with Crippen LogP contribution < -0.4 is 10.6 Å². The first kappa shape index (κ1) is 15.3. The maximum atomic E-state index is 9.36. The summed E-state index contributed by atoms with van der Waals surface area (Å²) >= 11 is 0. The summed E-state index contributed by atoms with van der Waals surface area (Å²) in [5.74, 6) is 0.00249. The summed E-state index contributed by atoms with van der Waals surface area (Å²) in [6.45, 7) is 3.55. The van der Waals surface area contributed by atoms with E-state index in [0.717, 1.165) is 36.0 Å². The van der Waals surface area contributed by atoms with Crippen LogP contribution in [0.1, 0.15) is 25.3 Å². The van der Waals surface area contributed by atoms with E-state index in [2.05, 4.69) is 16.8 Å². The van der Waals surface area contributed by atoms with Crippen molar-refractivity contribution in [3.63, 3.8) is 0 Å². The first-order chi connectivity index (χ1) is 10.2. The van der Waals surface area contributed by atoms with Crippen molar-refractivity contribution in [3.05, 3.63) is 36.0 Å². The van der Waals surface area contributed by atoms with Gasteiger partial charge in [0.05, 0.1) is 23.4 Å². The molecule has 1 aromatic carbocycles. The molecule has 0 bridgehead atoms. The number of amidine groups is 1. The number of pyridine rings is 1. The highest BCUT2D eigenvalue weighted by Gasteiger charge is 2.16. The standard InChI is InChI=1S/C16H22N4O/c1-2-3-8-20(9-10-21)15-12-6-4-5-7-14(12)19-11-13(15)16(17)18/h4-7,11,21H,2-3,8-10H2,1H3,(H3,17,18). The number of hydrogen-bond acceptors (Lipinski definition) is 4. The van der Waals surface area contributed by atoms with Crippen LogP contribution in [0.15, 0.2) is 30.5 Å². The summed E-state index contributed by atoms with van der Waals surface area (Å²) in [5, 5.41) is 18.1. The van der Waals surface area contributed by atoms with Crippen molar-refractivity contribution < 1.29 is 5.11 Å². The number of nitrogen functional groups attached to an aromatic ring is 1. The van der Waals surface area contributed by atoms with Gasteiger partial charge in [-0.15, -0.1) is 0 Å². The summed E-state index contributed by atoms with van der Waals surface area (Å²) in [4.78, 5) is 6.48.